The molecule has 0 bridgehead atoms. The van der Waals surface area contributed by atoms with E-state index in [-0.39, 0.29) is 6.04 Å². The van der Waals surface area contributed by atoms with Crippen LogP contribution < -0.4 is 11.1 Å². The van der Waals surface area contributed by atoms with Crippen molar-refractivity contribution >= 4 is 0 Å². The number of rotatable bonds is 4. The molecule has 16 heavy (non-hydrogen) atoms. The van der Waals surface area contributed by atoms with Gasteiger partial charge in [0.25, 0.3) is 0 Å². The summed E-state index contributed by atoms with van der Waals surface area (Å²) in [5.41, 5.74) is 9.41. The number of hydrogen-bond acceptors (Lipinski definition) is 2. The van der Waals surface area contributed by atoms with Crippen molar-refractivity contribution in [1.29, 1.82) is 0 Å². The molecule has 1 atom stereocenters. The normalized spacial score (nSPS) is 20.2. The van der Waals surface area contributed by atoms with Crippen molar-refractivity contribution in [2.45, 2.75) is 32.2 Å². The Morgan fingerprint density at radius 1 is 1.38 bits per heavy atom. The van der Waals surface area contributed by atoms with Gasteiger partial charge in [-0.25, -0.2) is 0 Å². The zero-order valence-electron chi connectivity index (χ0n) is 10.3. The summed E-state index contributed by atoms with van der Waals surface area (Å²) in [5.74, 6) is 0. The summed E-state index contributed by atoms with van der Waals surface area (Å²) < 4.78 is 0. The molecule has 2 nitrogen and oxygen atoms in total. The first-order chi connectivity index (χ1) is 7.69. The fourth-order valence-electron chi connectivity index (χ4n) is 2.85. The third-order valence-corrected chi connectivity index (χ3v) is 4.06. The second-order valence-electron chi connectivity index (χ2n) is 5.08. The van der Waals surface area contributed by atoms with Gasteiger partial charge >= 0.3 is 0 Å². The van der Waals surface area contributed by atoms with Crippen LogP contribution in [0.15, 0.2) is 24.3 Å². The van der Waals surface area contributed by atoms with Crippen LogP contribution in [0.2, 0.25) is 0 Å². The lowest BCUT2D eigenvalue weighted by Gasteiger charge is -2.47. The first-order valence-electron chi connectivity index (χ1n) is 6.15. The highest BCUT2D eigenvalue weighted by Gasteiger charge is 2.42. The molecule has 0 spiro atoms. The van der Waals surface area contributed by atoms with E-state index in [0.717, 1.165) is 6.54 Å². The molecular formula is C14H22N2. The van der Waals surface area contributed by atoms with E-state index in [1.165, 1.54) is 30.4 Å². The topological polar surface area (TPSA) is 38.0 Å². The van der Waals surface area contributed by atoms with E-state index in [0.29, 0.717) is 5.41 Å². The van der Waals surface area contributed by atoms with Crippen LogP contribution in [0.1, 0.15) is 36.4 Å². The summed E-state index contributed by atoms with van der Waals surface area (Å²) in [6, 6.07) is 8.68. The first-order valence-corrected chi connectivity index (χ1v) is 6.15. The minimum atomic E-state index is 0.176. The molecule has 0 saturated heterocycles. The minimum Gasteiger partial charge on any atom is -0.323 e. The molecule has 88 valence electrons. The number of aryl methyl sites for hydroxylation is 1. The van der Waals surface area contributed by atoms with Crippen molar-refractivity contribution in [3.05, 3.63) is 35.4 Å². The Balaban J connectivity index is 2.23. The quantitative estimate of drug-likeness (QED) is 0.814. The van der Waals surface area contributed by atoms with Crippen LogP contribution in [0.3, 0.4) is 0 Å². The van der Waals surface area contributed by atoms with Crippen molar-refractivity contribution in [3.8, 4) is 0 Å². The summed E-state index contributed by atoms with van der Waals surface area (Å²) in [6.45, 7) is 3.18. The van der Waals surface area contributed by atoms with Gasteiger partial charge in [-0.15, -0.1) is 0 Å². The Labute approximate surface area is 98.2 Å². The van der Waals surface area contributed by atoms with Gasteiger partial charge in [-0.1, -0.05) is 30.7 Å². The van der Waals surface area contributed by atoms with Gasteiger partial charge in [-0.3, -0.25) is 0 Å². The summed E-state index contributed by atoms with van der Waals surface area (Å²) in [6.07, 6.45) is 3.83. The highest BCUT2D eigenvalue weighted by molar-refractivity contribution is 5.30. The third kappa shape index (κ3) is 1.87. The monoisotopic (exact) mass is 218 g/mol. The highest BCUT2D eigenvalue weighted by Crippen LogP contribution is 2.49. The van der Waals surface area contributed by atoms with Crippen LogP contribution in [-0.4, -0.2) is 13.6 Å². The van der Waals surface area contributed by atoms with Gasteiger partial charge in [0.15, 0.2) is 0 Å². The fraction of sp³-hybridized carbons (Fsp3) is 0.571. The van der Waals surface area contributed by atoms with E-state index in [9.17, 15) is 0 Å². The molecule has 1 aromatic carbocycles. The molecule has 1 aliphatic carbocycles. The Morgan fingerprint density at radius 2 is 2.06 bits per heavy atom. The second-order valence-corrected chi connectivity index (χ2v) is 5.08. The average molecular weight is 218 g/mol. The molecule has 3 N–H and O–H groups in total. The lowest BCUT2D eigenvalue weighted by atomic mass is 9.62. The van der Waals surface area contributed by atoms with Crippen molar-refractivity contribution < 1.29 is 0 Å². The molecule has 2 heteroatoms. The maximum Gasteiger partial charge on any atom is 0.0366 e. The standard InChI is InChI=1S/C14H22N2/c1-11-6-3-4-7-12(11)13(15)14(10-16-2)8-5-9-14/h3-4,6-7,13,16H,5,8-10,15H2,1-2H3. The van der Waals surface area contributed by atoms with E-state index in [1.54, 1.807) is 0 Å². The molecule has 2 rings (SSSR count). The molecule has 0 aliphatic heterocycles. The molecule has 0 heterocycles. The zero-order valence-corrected chi connectivity index (χ0v) is 10.3. The predicted molar refractivity (Wildman–Crippen MR) is 68.3 cm³/mol. The molecule has 1 unspecified atom stereocenters. The smallest absolute Gasteiger partial charge is 0.0366 e. The summed E-state index contributed by atoms with van der Waals surface area (Å²) >= 11 is 0. The van der Waals surface area contributed by atoms with E-state index in [4.69, 9.17) is 5.73 Å². The van der Waals surface area contributed by atoms with Gasteiger partial charge in [0.1, 0.15) is 0 Å². The molecule has 0 amide bonds. The van der Waals surface area contributed by atoms with Gasteiger partial charge in [0.05, 0.1) is 0 Å². The minimum absolute atomic E-state index is 0.176. The Kier molecular flexibility index (Phi) is 3.31. The maximum atomic E-state index is 6.48. The largest absolute Gasteiger partial charge is 0.323 e. The Morgan fingerprint density at radius 3 is 2.56 bits per heavy atom. The van der Waals surface area contributed by atoms with Crippen molar-refractivity contribution in [2.75, 3.05) is 13.6 Å². The lowest BCUT2D eigenvalue weighted by molar-refractivity contribution is 0.0944. The SMILES string of the molecule is CNCC1(C(N)c2ccccc2C)CCC1. The number of nitrogens with one attached hydrogen (secondary N) is 1. The van der Waals surface area contributed by atoms with Crippen LogP contribution in [0.25, 0.3) is 0 Å². The van der Waals surface area contributed by atoms with Gasteiger partial charge in [0, 0.05) is 18.0 Å². The summed E-state index contributed by atoms with van der Waals surface area (Å²) in [7, 11) is 2.02. The molecule has 1 fully saturated rings. The lowest BCUT2D eigenvalue weighted by Crippen LogP contribution is -2.47. The molecule has 0 aromatic heterocycles. The van der Waals surface area contributed by atoms with Gasteiger partial charge < -0.3 is 11.1 Å². The number of nitrogens with two attached hydrogens (primary N) is 1. The molecular weight excluding hydrogens is 196 g/mol. The summed E-state index contributed by atoms with van der Waals surface area (Å²) in [5, 5.41) is 3.30. The highest BCUT2D eigenvalue weighted by atomic mass is 14.9. The number of benzene rings is 1. The Bertz CT molecular complexity index is 356. The van der Waals surface area contributed by atoms with Crippen molar-refractivity contribution in [3.63, 3.8) is 0 Å². The van der Waals surface area contributed by atoms with Crippen molar-refractivity contribution in [2.24, 2.45) is 11.1 Å². The molecule has 0 radical (unpaired) electrons. The molecule has 1 aromatic rings. The third-order valence-electron chi connectivity index (χ3n) is 4.06. The van der Waals surface area contributed by atoms with Crippen LogP contribution in [-0.2, 0) is 0 Å². The van der Waals surface area contributed by atoms with Crippen LogP contribution in [0.5, 0.6) is 0 Å². The van der Waals surface area contributed by atoms with Gasteiger partial charge in [-0.2, -0.15) is 0 Å². The summed E-state index contributed by atoms with van der Waals surface area (Å²) in [4.78, 5) is 0. The fourth-order valence-corrected chi connectivity index (χ4v) is 2.85. The van der Waals surface area contributed by atoms with Crippen molar-refractivity contribution in [1.82, 2.24) is 5.32 Å². The van der Waals surface area contributed by atoms with Crippen LogP contribution in [0.4, 0.5) is 0 Å². The van der Waals surface area contributed by atoms with E-state index in [1.807, 2.05) is 7.05 Å². The molecule has 1 aliphatic rings. The Hall–Kier alpha value is -0.860. The number of hydrogen-bond donors (Lipinski definition) is 2. The first kappa shape index (κ1) is 11.6. The van der Waals surface area contributed by atoms with E-state index >= 15 is 0 Å². The zero-order chi connectivity index (χ0) is 11.6. The predicted octanol–water partition coefficient (Wildman–Crippen LogP) is 2.38. The van der Waals surface area contributed by atoms with E-state index in [2.05, 4.69) is 36.5 Å². The van der Waals surface area contributed by atoms with Gasteiger partial charge in [0.2, 0.25) is 0 Å². The van der Waals surface area contributed by atoms with Crippen LogP contribution in [0, 0.1) is 12.3 Å². The molecule has 1 saturated carbocycles. The van der Waals surface area contributed by atoms with Crippen LogP contribution >= 0.6 is 0 Å². The second kappa shape index (κ2) is 4.56. The maximum absolute atomic E-state index is 6.48. The average Bonchev–Trinajstić information content (AvgIpc) is 2.23. The van der Waals surface area contributed by atoms with E-state index < -0.39 is 0 Å². The van der Waals surface area contributed by atoms with Gasteiger partial charge in [-0.05, 0) is 37.9 Å².